The molecule has 0 fully saturated rings. The molecular formula is C15H21ClN4O2. The summed E-state index contributed by atoms with van der Waals surface area (Å²) in [7, 11) is 1.62. The molecule has 0 aliphatic carbocycles. The summed E-state index contributed by atoms with van der Waals surface area (Å²) in [6, 6.07) is 9.14. The predicted molar refractivity (Wildman–Crippen MR) is 87.9 cm³/mol. The molecule has 1 amide bonds. The van der Waals surface area contributed by atoms with Crippen LogP contribution in [-0.4, -0.2) is 35.9 Å². The van der Waals surface area contributed by atoms with Crippen LogP contribution in [-0.2, 0) is 0 Å². The van der Waals surface area contributed by atoms with Crippen molar-refractivity contribution in [2.24, 2.45) is 11.7 Å². The number of nitrogens with zero attached hydrogens (tertiary/aromatic N) is 2. The van der Waals surface area contributed by atoms with Gasteiger partial charge in [0.25, 0.3) is 5.91 Å². The van der Waals surface area contributed by atoms with E-state index in [1.807, 2.05) is 31.2 Å². The van der Waals surface area contributed by atoms with Gasteiger partial charge in [0.15, 0.2) is 5.69 Å². The van der Waals surface area contributed by atoms with Gasteiger partial charge in [0.2, 0.25) is 0 Å². The molecule has 1 atom stereocenters. The second-order valence-corrected chi connectivity index (χ2v) is 4.89. The number of methoxy groups -OCH3 is 1. The van der Waals surface area contributed by atoms with E-state index in [0.29, 0.717) is 18.8 Å². The fourth-order valence-electron chi connectivity index (χ4n) is 1.76. The normalized spacial score (nSPS) is 11.4. The van der Waals surface area contributed by atoms with Gasteiger partial charge in [-0.3, -0.25) is 4.79 Å². The molecule has 2 aromatic rings. The molecule has 0 aliphatic heterocycles. The van der Waals surface area contributed by atoms with Gasteiger partial charge in [0, 0.05) is 12.7 Å². The minimum atomic E-state index is -0.192. The Morgan fingerprint density at radius 2 is 2.05 bits per heavy atom. The van der Waals surface area contributed by atoms with Gasteiger partial charge in [-0.2, -0.15) is 5.10 Å². The van der Waals surface area contributed by atoms with Crippen molar-refractivity contribution >= 4 is 18.3 Å². The molecule has 2 rings (SSSR count). The first kappa shape index (κ1) is 18.0. The van der Waals surface area contributed by atoms with Gasteiger partial charge in [-0.05, 0) is 42.8 Å². The Hall–Kier alpha value is -2.05. The largest absolute Gasteiger partial charge is 0.497 e. The van der Waals surface area contributed by atoms with Crippen molar-refractivity contribution in [2.45, 2.75) is 6.92 Å². The molecule has 0 saturated heterocycles. The SMILES string of the molecule is COc1ccc(-n2ccc(C(=O)NCC(C)CN)n2)cc1.Cl. The highest BCUT2D eigenvalue weighted by molar-refractivity contribution is 5.92. The number of aromatic nitrogens is 2. The third-order valence-corrected chi connectivity index (χ3v) is 3.17. The number of halogens is 1. The lowest BCUT2D eigenvalue weighted by Crippen LogP contribution is -2.31. The van der Waals surface area contributed by atoms with E-state index in [0.717, 1.165) is 11.4 Å². The van der Waals surface area contributed by atoms with Crippen molar-refractivity contribution in [1.82, 2.24) is 15.1 Å². The van der Waals surface area contributed by atoms with E-state index < -0.39 is 0 Å². The van der Waals surface area contributed by atoms with Crippen LogP contribution in [0.1, 0.15) is 17.4 Å². The predicted octanol–water partition coefficient (Wildman–Crippen LogP) is 1.63. The Balaban J connectivity index is 0.00000242. The number of carbonyl (C=O) groups is 1. The lowest BCUT2D eigenvalue weighted by Gasteiger charge is -2.08. The molecule has 0 radical (unpaired) electrons. The van der Waals surface area contributed by atoms with Crippen LogP contribution in [0.2, 0.25) is 0 Å². The molecule has 3 N–H and O–H groups in total. The first-order chi connectivity index (χ1) is 10.1. The fraction of sp³-hybridized carbons (Fsp3) is 0.333. The number of benzene rings is 1. The highest BCUT2D eigenvalue weighted by atomic mass is 35.5. The van der Waals surface area contributed by atoms with Crippen LogP contribution in [0.15, 0.2) is 36.5 Å². The maximum Gasteiger partial charge on any atom is 0.271 e. The molecule has 0 saturated carbocycles. The summed E-state index contributed by atoms with van der Waals surface area (Å²) in [5.41, 5.74) is 6.77. The summed E-state index contributed by atoms with van der Waals surface area (Å²) in [6.07, 6.45) is 1.75. The Kier molecular flexibility index (Phi) is 6.88. The van der Waals surface area contributed by atoms with Crippen molar-refractivity contribution in [1.29, 1.82) is 0 Å². The van der Waals surface area contributed by atoms with Crippen LogP contribution in [0, 0.1) is 5.92 Å². The van der Waals surface area contributed by atoms with Crippen LogP contribution in [0.5, 0.6) is 5.75 Å². The number of hydrogen-bond acceptors (Lipinski definition) is 4. The zero-order valence-electron chi connectivity index (χ0n) is 12.7. The molecule has 0 bridgehead atoms. The molecule has 1 aromatic carbocycles. The molecule has 1 heterocycles. The van der Waals surface area contributed by atoms with E-state index in [2.05, 4.69) is 10.4 Å². The number of ether oxygens (including phenoxy) is 1. The summed E-state index contributed by atoms with van der Waals surface area (Å²) in [5, 5.41) is 7.09. The highest BCUT2D eigenvalue weighted by Gasteiger charge is 2.11. The lowest BCUT2D eigenvalue weighted by molar-refractivity contribution is 0.0943. The Morgan fingerprint density at radius 1 is 1.36 bits per heavy atom. The van der Waals surface area contributed by atoms with E-state index in [1.54, 1.807) is 24.1 Å². The minimum absolute atomic E-state index is 0. The second-order valence-electron chi connectivity index (χ2n) is 4.89. The van der Waals surface area contributed by atoms with Crippen LogP contribution in [0.3, 0.4) is 0 Å². The third-order valence-electron chi connectivity index (χ3n) is 3.17. The molecule has 22 heavy (non-hydrogen) atoms. The average molecular weight is 325 g/mol. The van der Waals surface area contributed by atoms with Crippen LogP contribution in [0.25, 0.3) is 5.69 Å². The molecule has 0 aliphatic rings. The average Bonchev–Trinajstić information content (AvgIpc) is 3.02. The summed E-state index contributed by atoms with van der Waals surface area (Å²) in [5.74, 6) is 0.833. The van der Waals surface area contributed by atoms with Gasteiger partial charge < -0.3 is 15.8 Å². The van der Waals surface area contributed by atoms with Gasteiger partial charge in [0.1, 0.15) is 5.75 Å². The number of carbonyl (C=O) groups excluding carboxylic acids is 1. The van der Waals surface area contributed by atoms with E-state index in [-0.39, 0.29) is 24.2 Å². The maximum absolute atomic E-state index is 12.0. The third kappa shape index (κ3) is 4.47. The summed E-state index contributed by atoms with van der Waals surface area (Å²) >= 11 is 0. The van der Waals surface area contributed by atoms with Gasteiger partial charge in [-0.25, -0.2) is 4.68 Å². The van der Waals surface area contributed by atoms with E-state index in [9.17, 15) is 4.79 Å². The molecule has 6 nitrogen and oxygen atoms in total. The zero-order chi connectivity index (χ0) is 15.2. The molecule has 1 aromatic heterocycles. The summed E-state index contributed by atoms with van der Waals surface area (Å²) in [4.78, 5) is 12.0. The second kappa shape index (κ2) is 8.41. The zero-order valence-corrected chi connectivity index (χ0v) is 13.5. The topological polar surface area (TPSA) is 82.2 Å². The van der Waals surface area contributed by atoms with Gasteiger partial charge >= 0.3 is 0 Å². The smallest absolute Gasteiger partial charge is 0.271 e. The Morgan fingerprint density at radius 3 is 2.64 bits per heavy atom. The molecule has 0 spiro atoms. The van der Waals surface area contributed by atoms with Gasteiger partial charge in [-0.1, -0.05) is 6.92 Å². The quantitative estimate of drug-likeness (QED) is 0.846. The van der Waals surface area contributed by atoms with Crippen molar-refractivity contribution in [2.75, 3.05) is 20.2 Å². The number of nitrogens with one attached hydrogen (secondary N) is 1. The summed E-state index contributed by atoms with van der Waals surface area (Å²) < 4.78 is 6.76. The van der Waals surface area contributed by atoms with Crippen molar-refractivity contribution in [3.05, 3.63) is 42.2 Å². The number of rotatable bonds is 6. The standard InChI is InChI=1S/C15H20N4O2.ClH/c1-11(9-16)10-17-15(20)14-7-8-19(18-14)12-3-5-13(21-2)6-4-12;/h3-8,11H,9-10,16H2,1-2H3,(H,17,20);1H. The van der Waals surface area contributed by atoms with E-state index >= 15 is 0 Å². The number of hydrogen-bond donors (Lipinski definition) is 2. The molecular weight excluding hydrogens is 304 g/mol. The Bertz CT molecular complexity index is 598. The molecule has 120 valence electrons. The fourth-order valence-corrected chi connectivity index (χ4v) is 1.76. The molecule has 7 heteroatoms. The number of nitrogens with two attached hydrogens (primary N) is 1. The maximum atomic E-state index is 12.0. The lowest BCUT2D eigenvalue weighted by atomic mass is 10.2. The molecule has 1 unspecified atom stereocenters. The van der Waals surface area contributed by atoms with Crippen molar-refractivity contribution in [3.63, 3.8) is 0 Å². The number of amides is 1. The van der Waals surface area contributed by atoms with Gasteiger partial charge in [-0.15, -0.1) is 12.4 Å². The Labute approximate surface area is 136 Å². The first-order valence-electron chi connectivity index (χ1n) is 6.82. The monoisotopic (exact) mass is 324 g/mol. The van der Waals surface area contributed by atoms with Crippen LogP contribution >= 0.6 is 12.4 Å². The van der Waals surface area contributed by atoms with E-state index in [4.69, 9.17) is 10.5 Å². The van der Waals surface area contributed by atoms with E-state index in [1.165, 1.54) is 0 Å². The first-order valence-corrected chi connectivity index (χ1v) is 6.82. The van der Waals surface area contributed by atoms with Gasteiger partial charge in [0.05, 0.1) is 12.8 Å². The highest BCUT2D eigenvalue weighted by Crippen LogP contribution is 2.14. The van der Waals surface area contributed by atoms with Crippen molar-refractivity contribution < 1.29 is 9.53 Å². The summed E-state index contributed by atoms with van der Waals surface area (Å²) in [6.45, 7) is 3.07. The van der Waals surface area contributed by atoms with Crippen LogP contribution < -0.4 is 15.8 Å². The minimum Gasteiger partial charge on any atom is -0.497 e. The van der Waals surface area contributed by atoms with Crippen LogP contribution in [0.4, 0.5) is 0 Å². The van der Waals surface area contributed by atoms with Crippen molar-refractivity contribution in [3.8, 4) is 11.4 Å².